The fourth-order valence-electron chi connectivity index (χ4n) is 3.18. The maximum Gasteiger partial charge on any atom is 0.292 e. The maximum atomic E-state index is 12.8. The van der Waals surface area contributed by atoms with Crippen molar-refractivity contribution in [2.75, 3.05) is 51.4 Å². The average molecular weight is 385 g/mol. The summed E-state index contributed by atoms with van der Waals surface area (Å²) >= 11 is 0. The molecule has 1 aliphatic heterocycles. The second kappa shape index (κ2) is 9.18. The quantitative estimate of drug-likeness (QED) is 0.414. The normalized spacial score (nSPS) is 14.0. The summed E-state index contributed by atoms with van der Waals surface area (Å²) in [5.41, 5.74) is 1.24. The van der Waals surface area contributed by atoms with Gasteiger partial charge in [-0.2, -0.15) is 0 Å². The Morgan fingerprint density at radius 1 is 1.07 bits per heavy atom. The van der Waals surface area contributed by atoms with Crippen molar-refractivity contribution < 1.29 is 19.2 Å². The molecule has 0 spiro atoms. The van der Waals surface area contributed by atoms with E-state index >= 15 is 0 Å². The van der Waals surface area contributed by atoms with E-state index in [0.29, 0.717) is 56.4 Å². The third kappa shape index (κ3) is 4.58. The molecule has 2 aromatic carbocycles. The van der Waals surface area contributed by atoms with Gasteiger partial charge in [0.25, 0.3) is 11.6 Å². The molecule has 1 heterocycles. The minimum absolute atomic E-state index is 0.0700. The highest BCUT2D eigenvalue weighted by atomic mass is 16.6. The second-order valence-corrected chi connectivity index (χ2v) is 6.39. The molecule has 0 radical (unpaired) electrons. The lowest BCUT2D eigenvalue weighted by Crippen LogP contribution is -2.48. The van der Waals surface area contributed by atoms with Gasteiger partial charge in [0.2, 0.25) is 0 Å². The number of methoxy groups -OCH3 is 1. The number of carbonyl (C=O) groups excluding carboxylic acids is 1. The van der Waals surface area contributed by atoms with Crippen molar-refractivity contribution in [2.45, 2.75) is 0 Å². The monoisotopic (exact) mass is 385 g/mol. The number of hydrogen-bond acceptors (Lipinski definition) is 6. The van der Waals surface area contributed by atoms with Crippen molar-refractivity contribution in [3.8, 4) is 5.75 Å². The Hall–Kier alpha value is -3.13. The molecule has 0 unspecified atom stereocenters. The predicted molar refractivity (Wildman–Crippen MR) is 105 cm³/mol. The third-order valence-corrected chi connectivity index (χ3v) is 4.62. The van der Waals surface area contributed by atoms with Crippen molar-refractivity contribution in [2.24, 2.45) is 0 Å². The minimum atomic E-state index is -0.373. The van der Waals surface area contributed by atoms with E-state index < -0.39 is 0 Å². The van der Waals surface area contributed by atoms with Gasteiger partial charge in [-0.05, 0) is 24.3 Å². The predicted octanol–water partition coefficient (Wildman–Crippen LogP) is 2.58. The van der Waals surface area contributed by atoms with Gasteiger partial charge in [-0.3, -0.25) is 14.9 Å². The molecule has 1 amide bonds. The van der Waals surface area contributed by atoms with Crippen LogP contribution in [0.1, 0.15) is 10.4 Å². The summed E-state index contributed by atoms with van der Waals surface area (Å²) < 4.78 is 10.5. The van der Waals surface area contributed by atoms with Crippen LogP contribution in [0.4, 0.5) is 11.4 Å². The number of nitrogens with zero attached hydrogens (tertiary/aromatic N) is 3. The van der Waals surface area contributed by atoms with Crippen LogP contribution in [0, 0.1) is 10.1 Å². The van der Waals surface area contributed by atoms with Crippen molar-refractivity contribution >= 4 is 17.3 Å². The van der Waals surface area contributed by atoms with Gasteiger partial charge in [0.05, 0.1) is 11.5 Å². The van der Waals surface area contributed by atoms with Crippen LogP contribution in [0.2, 0.25) is 0 Å². The van der Waals surface area contributed by atoms with E-state index in [1.807, 2.05) is 4.90 Å². The average Bonchev–Trinajstić information content (AvgIpc) is 2.74. The van der Waals surface area contributed by atoms with E-state index in [0.717, 1.165) is 0 Å². The van der Waals surface area contributed by atoms with Gasteiger partial charge < -0.3 is 19.3 Å². The zero-order valence-electron chi connectivity index (χ0n) is 15.7. The van der Waals surface area contributed by atoms with Crippen LogP contribution in [0.15, 0.2) is 48.5 Å². The SMILES string of the molecule is COCCOc1cccc(C(=O)N2CCN(c3ccccc3[N+](=O)[O-])CC2)c1. The first-order valence-corrected chi connectivity index (χ1v) is 9.09. The third-order valence-electron chi connectivity index (χ3n) is 4.62. The summed E-state index contributed by atoms with van der Waals surface area (Å²) in [6, 6.07) is 13.8. The highest BCUT2D eigenvalue weighted by molar-refractivity contribution is 5.94. The molecule has 3 rings (SSSR count). The van der Waals surface area contributed by atoms with Gasteiger partial charge in [-0.1, -0.05) is 18.2 Å². The smallest absolute Gasteiger partial charge is 0.292 e. The van der Waals surface area contributed by atoms with Crippen molar-refractivity contribution in [1.29, 1.82) is 0 Å². The van der Waals surface area contributed by atoms with E-state index in [4.69, 9.17) is 9.47 Å². The van der Waals surface area contributed by atoms with Crippen molar-refractivity contribution in [1.82, 2.24) is 4.90 Å². The molecule has 1 aliphatic rings. The van der Waals surface area contributed by atoms with Crippen LogP contribution in [-0.2, 0) is 4.74 Å². The highest BCUT2D eigenvalue weighted by Gasteiger charge is 2.26. The fraction of sp³-hybridized carbons (Fsp3) is 0.350. The summed E-state index contributed by atoms with van der Waals surface area (Å²) in [7, 11) is 1.60. The maximum absolute atomic E-state index is 12.8. The van der Waals surface area contributed by atoms with E-state index in [-0.39, 0.29) is 16.5 Å². The number of para-hydroxylation sites is 2. The number of carbonyl (C=O) groups is 1. The minimum Gasteiger partial charge on any atom is -0.491 e. The van der Waals surface area contributed by atoms with Gasteiger partial charge in [0, 0.05) is 44.9 Å². The number of ether oxygens (including phenoxy) is 2. The van der Waals surface area contributed by atoms with Crippen LogP contribution in [0.5, 0.6) is 5.75 Å². The summed E-state index contributed by atoms with van der Waals surface area (Å²) in [6.07, 6.45) is 0. The highest BCUT2D eigenvalue weighted by Crippen LogP contribution is 2.28. The van der Waals surface area contributed by atoms with Gasteiger partial charge in [0.1, 0.15) is 18.0 Å². The Morgan fingerprint density at radius 3 is 2.54 bits per heavy atom. The number of piperazine rings is 1. The van der Waals surface area contributed by atoms with E-state index in [2.05, 4.69) is 0 Å². The summed E-state index contributed by atoms with van der Waals surface area (Å²) in [5, 5.41) is 11.2. The summed E-state index contributed by atoms with van der Waals surface area (Å²) in [4.78, 5) is 27.4. The standard InChI is InChI=1S/C20H23N3O5/c1-27-13-14-28-17-6-4-5-16(15-17)20(24)22-11-9-21(10-12-22)18-7-2-3-8-19(18)23(25)26/h2-8,15H,9-14H2,1H3. The molecule has 8 heteroatoms. The first-order chi connectivity index (χ1) is 13.6. The summed E-state index contributed by atoms with van der Waals surface area (Å²) in [5.74, 6) is 0.556. The zero-order valence-corrected chi connectivity index (χ0v) is 15.7. The number of anilines is 1. The van der Waals surface area contributed by atoms with Gasteiger partial charge >= 0.3 is 0 Å². The molecule has 0 bridgehead atoms. The first-order valence-electron chi connectivity index (χ1n) is 9.09. The Morgan fingerprint density at radius 2 is 1.82 bits per heavy atom. The van der Waals surface area contributed by atoms with E-state index in [1.54, 1.807) is 54.5 Å². The molecular weight excluding hydrogens is 362 g/mol. The number of hydrogen-bond donors (Lipinski definition) is 0. The topological polar surface area (TPSA) is 85.2 Å². The van der Waals surface area contributed by atoms with Crippen LogP contribution in [-0.4, -0.2) is 62.2 Å². The van der Waals surface area contributed by atoms with Crippen molar-refractivity contribution in [3.05, 3.63) is 64.2 Å². The van der Waals surface area contributed by atoms with Crippen LogP contribution < -0.4 is 9.64 Å². The zero-order chi connectivity index (χ0) is 19.9. The molecule has 148 valence electrons. The largest absolute Gasteiger partial charge is 0.491 e. The second-order valence-electron chi connectivity index (χ2n) is 6.39. The molecule has 0 aliphatic carbocycles. The van der Waals surface area contributed by atoms with E-state index in [9.17, 15) is 14.9 Å². The molecule has 0 atom stereocenters. The Kier molecular flexibility index (Phi) is 6.44. The Labute approximate surface area is 163 Å². The molecule has 0 saturated carbocycles. The van der Waals surface area contributed by atoms with Crippen LogP contribution in [0.25, 0.3) is 0 Å². The lowest BCUT2D eigenvalue weighted by molar-refractivity contribution is -0.384. The van der Waals surface area contributed by atoms with Gasteiger partial charge in [0.15, 0.2) is 0 Å². The lowest BCUT2D eigenvalue weighted by atomic mass is 10.1. The first kappa shape index (κ1) is 19.6. The number of rotatable bonds is 7. The Balaban J connectivity index is 1.63. The summed E-state index contributed by atoms with van der Waals surface area (Å²) in [6.45, 7) is 2.98. The molecular formula is C20H23N3O5. The molecule has 8 nitrogen and oxygen atoms in total. The molecule has 1 fully saturated rings. The molecule has 0 aromatic heterocycles. The van der Waals surface area contributed by atoms with Gasteiger partial charge in [-0.15, -0.1) is 0 Å². The Bertz CT molecular complexity index is 834. The van der Waals surface area contributed by atoms with Crippen molar-refractivity contribution in [3.63, 3.8) is 0 Å². The number of benzene rings is 2. The lowest BCUT2D eigenvalue weighted by Gasteiger charge is -2.35. The molecule has 28 heavy (non-hydrogen) atoms. The van der Waals surface area contributed by atoms with Gasteiger partial charge in [-0.25, -0.2) is 0 Å². The van der Waals surface area contributed by atoms with Crippen LogP contribution >= 0.6 is 0 Å². The molecule has 2 aromatic rings. The molecule has 1 saturated heterocycles. The fourth-order valence-corrected chi connectivity index (χ4v) is 3.18. The molecule has 0 N–H and O–H groups in total. The van der Waals surface area contributed by atoms with E-state index in [1.165, 1.54) is 6.07 Å². The number of nitro benzene ring substituents is 1. The van der Waals surface area contributed by atoms with Crippen LogP contribution in [0.3, 0.4) is 0 Å². The number of nitro groups is 1. The number of amides is 1.